The molecule has 6 heteroatoms. The molecule has 1 amide bonds. The molecule has 2 heterocycles. The Balaban J connectivity index is 1.75. The summed E-state index contributed by atoms with van der Waals surface area (Å²) in [6.07, 6.45) is 3.56. The van der Waals surface area contributed by atoms with Crippen molar-refractivity contribution in [2.75, 3.05) is 6.54 Å². The summed E-state index contributed by atoms with van der Waals surface area (Å²) in [7, 11) is 0. The maximum atomic E-state index is 14.0. The van der Waals surface area contributed by atoms with Crippen LogP contribution in [0.1, 0.15) is 30.0 Å². The molecule has 0 saturated carbocycles. The molecule has 1 aromatic heterocycles. The molecule has 3 rings (SSSR count). The highest BCUT2D eigenvalue weighted by Gasteiger charge is 2.36. The number of rotatable bonds is 4. The van der Waals surface area contributed by atoms with E-state index in [1.165, 1.54) is 4.90 Å². The zero-order chi connectivity index (χ0) is 17.1. The monoisotopic (exact) mass is 332 g/mol. The number of aliphatic hydroxyl groups excluding tert-OH is 1. The van der Waals surface area contributed by atoms with Crippen LogP contribution in [0, 0.1) is 11.6 Å². The first kappa shape index (κ1) is 16.5. The number of carbonyl (C=O) groups is 1. The number of pyridine rings is 1. The van der Waals surface area contributed by atoms with Crippen LogP contribution in [0.25, 0.3) is 0 Å². The van der Waals surface area contributed by atoms with Crippen molar-refractivity contribution in [3.63, 3.8) is 0 Å². The molecule has 126 valence electrons. The van der Waals surface area contributed by atoms with E-state index >= 15 is 0 Å². The Hall–Kier alpha value is -2.34. The number of aromatic nitrogens is 1. The summed E-state index contributed by atoms with van der Waals surface area (Å²) in [6, 6.07) is 6.21. The van der Waals surface area contributed by atoms with Crippen LogP contribution in [0.5, 0.6) is 0 Å². The molecule has 1 aromatic carbocycles. The van der Waals surface area contributed by atoms with Crippen molar-refractivity contribution in [1.82, 2.24) is 9.88 Å². The molecule has 1 saturated heterocycles. The fraction of sp³-hybridized carbons (Fsp3) is 0.333. The van der Waals surface area contributed by atoms with Crippen molar-refractivity contribution >= 4 is 5.91 Å². The van der Waals surface area contributed by atoms with Crippen molar-refractivity contribution < 1.29 is 18.7 Å². The fourth-order valence-electron chi connectivity index (χ4n) is 3.10. The molecule has 0 spiro atoms. The van der Waals surface area contributed by atoms with Crippen LogP contribution < -0.4 is 0 Å². The number of hydrogen-bond acceptors (Lipinski definition) is 3. The standard InChI is InChI=1S/C18H18F2N2O2/c19-13-2-3-16(20)15(9-13)17-10-14(23)11-22(17)18(24)4-1-12-5-7-21-8-6-12/h2-3,5-9,14,17,23H,1,4,10-11H2/t14-,17-/m0/s1. The smallest absolute Gasteiger partial charge is 0.223 e. The fourth-order valence-corrected chi connectivity index (χ4v) is 3.10. The van der Waals surface area contributed by atoms with E-state index in [0.29, 0.717) is 6.42 Å². The van der Waals surface area contributed by atoms with Crippen LogP contribution in [0.3, 0.4) is 0 Å². The van der Waals surface area contributed by atoms with Gasteiger partial charge in [-0.15, -0.1) is 0 Å². The lowest BCUT2D eigenvalue weighted by atomic mass is 10.0. The average molecular weight is 332 g/mol. The predicted octanol–water partition coefficient (Wildman–Crippen LogP) is 2.63. The van der Waals surface area contributed by atoms with Gasteiger partial charge in [0.15, 0.2) is 0 Å². The maximum absolute atomic E-state index is 14.0. The number of aliphatic hydroxyl groups is 1. The molecular formula is C18H18F2N2O2. The lowest BCUT2D eigenvalue weighted by Crippen LogP contribution is -2.32. The number of amides is 1. The van der Waals surface area contributed by atoms with E-state index < -0.39 is 23.8 Å². The normalized spacial score (nSPS) is 20.4. The summed E-state index contributed by atoms with van der Waals surface area (Å²) in [4.78, 5) is 17.9. The van der Waals surface area contributed by atoms with Gasteiger partial charge in [-0.25, -0.2) is 8.78 Å². The third-order valence-electron chi connectivity index (χ3n) is 4.29. The molecule has 2 aromatic rings. The molecule has 2 atom stereocenters. The summed E-state index contributed by atoms with van der Waals surface area (Å²) < 4.78 is 27.5. The molecule has 0 bridgehead atoms. The Morgan fingerprint density at radius 3 is 2.75 bits per heavy atom. The summed E-state index contributed by atoms with van der Waals surface area (Å²) in [5.74, 6) is -1.31. The van der Waals surface area contributed by atoms with Crippen LogP contribution in [0.4, 0.5) is 8.78 Å². The Labute approximate surface area is 138 Å². The minimum atomic E-state index is -0.734. The number of halogens is 2. The number of likely N-dealkylation sites (tertiary alicyclic amines) is 1. The Kier molecular flexibility index (Phi) is 4.85. The van der Waals surface area contributed by atoms with Crippen molar-refractivity contribution in [2.24, 2.45) is 0 Å². The lowest BCUT2D eigenvalue weighted by Gasteiger charge is -2.25. The number of nitrogens with zero attached hydrogens (tertiary/aromatic N) is 2. The molecule has 4 nitrogen and oxygen atoms in total. The van der Waals surface area contributed by atoms with E-state index in [-0.39, 0.29) is 30.9 Å². The Bertz CT molecular complexity index is 724. The highest BCUT2D eigenvalue weighted by molar-refractivity contribution is 5.77. The highest BCUT2D eigenvalue weighted by Crippen LogP contribution is 2.34. The third kappa shape index (κ3) is 3.59. The molecule has 1 aliphatic heterocycles. The van der Waals surface area contributed by atoms with Crippen molar-refractivity contribution in [1.29, 1.82) is 0 Å². The quantitative estimate of drug-likeness (QED) is 0.936. The van der Waals surface area contributed by atoms with Crippen LogP contribution in [0.2, 0.25) is 0 Å². The summed E-state index contributed by atoms with van der Waals surface area (Å²) in [5.41, 5.74) is 1.09. The van der Waals surface area contributed by atoms with Gasteiger partial charge in [0.1, 0.15) is 11.6 Å². The van der Waals surface area contributed by atoms with Gasteiger partial charge in [-0.1, -0.05) is 0 Å². The van der Waals surface area contributed by atoms with Crippen LogP contribution in [0.15, 0.2) is 42.7 Å². The highest BCUT2D eigenvalue weighted by atomic mass is 19.1. The zero-order valence-corrected chi connectivity index (χ0v) is 13.0. The molecule has 1 fully saturated rings. The van der Waals surface area contributed by atoms with Gasteiger partial charge in [-0.3, -0.25) is 9.78 Å². The first-order valence-corrected chi connectivity index (χ1v) is 7.86. The van der Waals surface area contributed by atoms with E-state index in [0.717, 1.165) is 23.8 Å². The molecular weight excluding hydrogens is 314 g/mol. The van der Waals surface area contributed by atoms with Crippen molar-refractivity contribution in [3.05, 3.63) is 65.5 Å². The molecule has 1 N–H and O–H groups in total. The second kappa shape index (κ2) is 7.05. The van der Waals surface area contributed by atoms with Crippen molar-refractivity contribution in [2.45, 2.75) is 31.4 Å². The van der Waals surface area contributed by atoms with Gasteiger partial charge in [0.25, 0.3) is 0 Å². The second-order valence-corrected chi connectivity index (χ2v) is 5.97. The Morgan fingerprint density at radius 1 is 1.25 bits per heavy atom. The van der Waals surface area contributed by atoms with Gasteiger partial charge in [-0.05, 0) is 48.7 Å². The van der Waals surface area contributed by atoms with E-state index in [9.17, 15) is 18.7 Å². The number of hydrogen-bond donors (Lipinski definition) is 1. The van der Waals surface area contributed by atoms with Gasteiger partial charge >= 0.3 is 0 Å². The van der Waals surface area contributed by atoms with Crippen molar-refractivity contribution in [3.8, 4) is 0 Å². The predicted molar refractivity (Wildman–Crippen MR) is 84.0 cm³/mol. The van der Waals surface area contributed by atoms with Gasteiger partial charge in [0, 0.05) is 30.9 Å². The van der Waals surface area contributed by atoms with E-state index in [1.807, 2.05) is 12.1 Å². The largest absolute Gasteiger partial charge is 0.391 e. The first-order valence-electron chi connectivity index (χ1n) is 7.86. The van der Waals surface area contributed by atoms with Gasteiger partial charge in [0.05, 0.1) is 12.1 Å². The minimum absolute atomic E-state index is 0.115. The van der Waals surface area contributed by atoms with Gasteiger partial charge < -0.3 is 10.0 Å². The number of β-amino-alcohol motifs (C(OH)–C–C–N with tert-alkyl or cyclic N) is 1. The van der Waals surface area contributed by atoms with E-state index in [2.05, 4.69) is 4.98 Å². The third-order valence-corrected chi connectivity index (χ3v) is 4.29. The van der Waals surface area contributed by atoms with Gasteiger partial charge in [0.2, 0.25) is 5.91 Å². The lowest BCUT2D eigenvalue weighted by molar-refractivity contribution is -0.132. The second-order valence-electron chi connectivity index (χ2n) is 5.97. The topological polar surface area (TPSA) is 53.4 Å². The average Bonchev–Trinajstić information content (AvgIpc) is 2.97. The first-order chi connectivity index (χ1) is 11.5. The molecule has 24 heavy (non-hydrogen) atoms. The maximum Gasteiger partial charge on any atom is 0.223 e. The van der Waals surface area contributed by atoms with Crippen LogP contribution in [-0.2, 0) is 11.2 Å². The van der Waals surface area contributed by atoms with Gasteiger partial charge in [-0.2, -0.15) is 0 Å². The zero-order valence-electron chi connectivity index (χ0n) is 13.0. The summed E-state index contributed by atoms with van der Waals surface area (Å²) in [6.45, 7) is 0.135. The number of aryl methyl sites for hydroxylation is 1. The molecule has 1 aliphatic rings. The minimum Gasteiger partial charge on any atom is -0.391 e. The van der Waals surface area contributed by atoms with Crippen LogP contribution >= 0.6 is 0 Å². The summed E-state index contributed by atoms with van der Waals surface area (Å²) in [5, 5.41) is 9.91. The van der Waals surface area contributed by atoms with Crippen LogP contribution in [-0.4, -0.2) is 33.5 Å². The Morgan fingerprint density at radius 2 is 2.00 bits per heavy atom. The summed E-state index contributed by atoms with van der Waals surface area (Å²) >= 11 is 0. The number of benzene rings is 1. The molecule has 0 radical (unpaired) electrons. The number of carbonyl (C=O) groups excluding carboxylic acids is 1. The molecule has 0 unspecified atom stereocenters. The van der Waals surface area contributed by atoms with E-state index in [4.69, 9.17) is 0 Å². The SMILES string of the molecule is O=C(CCc1ccncc1)N1C[C@@H](O)C[C@H]1c1cc(F)ccc1F. The molecule has 0 aliphatic carbocycles. The van der Waals surface area contributed by atoms with E-state index in [1.54, 1.807) is 12.4 Å².